The molecule has 12 saturated carbocycles. The molecular weight excluding hydrogens is 621 g/mol. The van der Waals surface area contributed by atoms with Crippen molar-refractivity contribution in [3.63, 3.8) is 0 Å². The normalized spacial score (nSPS) is 57.8. The molecule has 4 nitrogen and oxygen atoms in total. The van der Waals surface area contributed by atoms with E-state index in [1.165, 1.54) is 128 Å². The number of hydrogen-bond donors (Lipinski definition) is 0. The van der Waals surface area contributed by atoms with Gasteiger partial charge in [-0.1, -0.05) is 25.7 Å². The van der Waals surface area contributed by atoms with Gasteiger partial charge in [0, 0.05) is 26.4 Å². The van der Waals surface area contributed by atoms with Crippen molar-refractivity contribution in [1.29, 1.82) is 0 Å². The number of rotatable bonds is 12. The molecule has 272 valence electrons. The Hall–Kier alpha value is 0.0569. The molecule has 0 aromatic heterocycles. The molecule has 0 amide bonds. The third kappa shape index (κ3) is 4.91. The van der Waals surface area contributed by atoms with Crippen LogP contribution < -0.4 is 0 Å². The first-order valence-electron chi connectivity index (χ1n) is 22.7. The third-order valence-corrected chi connectivity index (χ3v) is 22.2. The molecule has 12 rings (SSSR count). The number of hydrogen-bond acceptors (Lipinski definition) is 4. The van der Waals surface area contributed by atoms with Crippen LogP contribution in [0, 0.1) is 118 Å². The lowest BCUT2D eigenvalue weighted by molar-refractivity contribution is -0.0755. The number of fused-ring (bicyclic) bond motifs is 20. The van der Waals surface area contributed by atoms with Gasteiger partial charge in [-0.3, -0.25) is 0 Å². The second-order valence-corrected chi connectivity index (χ2v) is 23.6. The maximum Gasteiger partial charge on any atom is 0.679 e. The van der Waals surface area contributed by atoms with E-state index in [1.54, 1.807) is 0 Å². The van der Waals surface area contributed by atoms with Crippen molar-refractivity contribution in [2.45, 2.75) is 128 Å². The fourth-order valence-electron chi connectivity index (χ4n) is 18.7. The van der Waals surface area contributed by atoms with Crippen LogP contribution in [0.25, 0.3) is 0 Å². The highest BCUT2D eigenvalue weighted by atomic mass is 28.4. The first-order valence-corrected chi connectivity index (χ1v) is 24.4. The Labute approximate surface area is 299 Å². The van der Waals surface area contributed by atoms with Gasteiger partial charge in [0.15, 0.2) is 0 Å². The van der Waals surface area contributed by atoms with Gasteiger partial charge in [-0.25, -0.2) is 0 Å². The van der Waals surface area contributed by atoms with Crippen molar-refractivity contribution in [1.82, 2.24) is 0 Å². The van der Waals surface area contributed by atoms with Gasteiger partial charge in [0.25, 0.3) is 0 Å². The molecule has 0 N–H and O–H groups in total. The van der Waals surface area contributed by atoms with Crippen molar-refractivity contribution in [3.8, 4) is 0 Å². The van der Waals surface area contributed by atoms with Gasteiger partial charge in [-0.15, -0.1) is 0 Å². The first-order chi connectivity index (χ1) is 24.2. The summed E-state index contributed by atoms with van der Waals surface area (Å²) in [5, 5.41) is 0. The third-order valence-electron chi connectivity index (χ3n) is 20.2. The van der Waals surface area contributed by atoms with E-state index in [9.17, 15) is 0 Å². The Morgan fingerprint density at radius 1 is 0.286 bits per heavy atom. The average Bonchev–Trinajstić information content (AvgIpc) is 3.97. The van der Waals surface area contributed by atoms with Crippen LogP contribution in [0.4, 0.5) is 0 Å². The SMILES string of the molecule is C1CC2C3CC(CO[Si](OCC4CC5CC4C4CCCC54)(OCC4CC5CC4C4CCCC54)OCC4CC5CC4C4CCCC54)C(C3)C2C1. The summed E-state index contributed by atoms with van der Waals surface area (Å²) in [5.74, 6) is 18.4. The van der Waals surface area contributed by atoms with Gasteiger partial charge < -0.3 is 17.7 Å². The molecule has 0 radical (unpaired) electrons. The fraction of sp³-hybridized carbons (Fsp3) is 1.00. The summed E-state index contributed by atoms with van der Waals surface area (Å²) in [7, 11) is -3.31. The average molecular weight is 689 g/mol. The van der Waals surface area contributed by atoms with Crippen LogP contribution in [-0.2, 0) is 17.7 Å². The molecule has 8 bridgehead atoms. The zero-order valence-corrected chi connectivity index (χ0v) is 31.7. The summed E-state index contributed by atoms with van der Waals surface area (Å²) in [6, 6.07) is 0. The highest BCUT2D eigenvalue weighted by Crippen LogP contribution is 2.64. The van der Waals surface area contributed by atoms with E-state index in [2.05, 4.69) is 0 Å². The lowest BCUT2D eigenvalue weighted by Crippen LogP contribution is -2.53. The van der Waals surface area contributed by atoms with Gasteiger partial charge in [0.05, 0.1) is 0 Å². The smallest absolute Gasteiger partial charge is 0.351 e. The maximum absolute atomic E-state index is 7.37. The Morgan fingerprint density at radius 3 is 0.796 bits per heavy atom. The first kappa shape index (κ1) is 31.4. The predicted octanol–water partition coefficient (Wildman–Crippen LogP) is 9.78. The lowest BCUT2D eigenvalue weighted by atomic mass is 9.76. The van der Waals surface area contributed by atoms with Crippen LogP contribution in [0.1, 0.15) is 128 Å². The minimum atomic E-state index is -3.31. The minimum absolute atomic E-state index is 0.706. The quantitative estimate of drug-likeness (QED) is 0.191. The summed E-state index contributed by atoms with van der Waals surface area (Å²) >= 11 is 0. The lowest BCUT2D eigenvalue weighted by Gasteiger charge is -2.39. The van der Waals surface area contributed by atoms with Crippen molar-refractivity contribution >= 4 is 9.05 Å². The van der Waals surface area contributed by atoms with Crippen molar-refractivity contribution in [2.75, 3.05) is 26.4 Å². The molecule has 0 spiro atoms. The molecule has 20 atom stereocenters. The molecule has 0 aromatic rings. The summed E-state index contributed by atoms with van der Waals surface area (Å²) in [5.41, 5.74) is 0. The van der Waals surface area contributed by atoms with E-state index in [-0.39, 0.29) is 0 Å². The summed E-state index contributed by atoms with van der Waals surface area (Å²) in [4.78, 5) is 0. The molecule has 0 aromatic carbocycles. The topological polar surface area (TPSA) is 36.9 Å². The van der Waals surface area contributed by atoms with Gasteiger partial charge in [0.1, 0.15) is 0 Å². The molecule has 0 saturated heterocycles. The standard InChI is InChI=1S/C44H68O4Si/c1-5-33-25-13-29(41(17-25)37(33)9-1)21-45-49(46-22-30-14-26-18-42(30)38-10-2-6-34(26)38,47-23-31-15-27-19-43(31)39-11-3-7-35(27)39)48-24-32-16-28-20-44(32)40-12-4-8-36(28)40/h25-44H,1-24H2. The summed E-state index contributed by atoms with van der Waals surface area (Å²) < 4.78 is 29.5. The molecule has 12 aliphatic rings. The molecular formula is C44H68O4Si. The highest BCUT2D eigenvalue weighted by Gasteiger charge is 2.60. The molecule has 5 heteroatoms. The van der Waals surface area contributed by atoms with E-state index in [0.717, 1.165) is 121 Å². The van der Waals surface area contributed by atoms with Crippen LogP contribution in [0.2, 0.25) is 0 Å². The molecule has 0 aliphatic heterocycles. The van der Waals surface area contributed by atoms with Crippen LogP contribution in [0.5, 0.6) is 0 Å². The molecule has 0 heterocycles. The van der Waals surface area contributed by atoms with Crippen molar-refractivity contribution in [3.05, 3.63) is 0 Å². The summed E-state index contributed by atoms with van der Waals surface area (Å²) in [6.45, 7) is 3.39. The second kappa shape index (κ2) is 12.0. The zero-order valence-electron chi connectivity index (χ0n) is 30.7. The predicted molar refractivity (Wildman–Crippen MR) is 192 cm³/mol. The van der Waals surface area contributed by atoms with Crippen molar-refractivity contribution < 1.29 is 17.7 Å². The van der Waals surface area contributed by atoms with Gasteiger partial charge in [0.2, 0.25) is 0 Å². The van der Waals surface area contributed by atoms with E-state index in [0.29, 0.717) is 23.7 Å². The van der Waals surface area contributed by atoms with Gasteiger partial charge in [-0.2, -0.15) is 0 Å². The van der Waals surface area contributed by atoms with Crippen LogP contribution in [0.15, 0.2) is 0 Å². The van der Waals surface area contributed by atoms with E-state index >= 15 is 0 Å². The largest absolute Gasteiger partial charge is 0.679 e. The van der Waals surface area contributed by atoms with Crippen LogP contribution in [-0.4, -0.2) is 35.5 Å². The van der Waals surface area contributed by atoms with E-state index < -0.39 is 9.05 Å². The van der Waals surface area contributed by atoms with Gasteiger partial charge in [-0.05, 0) is 221 Å². The monoisotopic (exact) mass is 688 g/mol. The second-order valence-electron chi connectivity index (χ2n) is 21.4. The van der Waals surface area contributed by atoms with Gasteiger partial charge >= 0.3 is 9.05 Å². The molecule has 20 unspecified atom stereocenters. The van der Waals surface area contributed by atoms with Crippen molar-refractivity contribution in [2.24, 2.45) is 118 Å². The molecule has 12 fully saturated rings. The maximum atomic E-state index is 7.37. The minimum Gasteiger partial charge on any atom is -0.351 e. The molecule has 49 heavy (non-hydrogen) atoms. The Balaban J connectivity index is 0.803. The van der Waals surface area contributed by atoms with E-state index in [4.69, 9.17) is 17.7 Å². The fourth-order valence-corrected chi connectivity index (χ4v) is 20.9. The van der Waals surface area contributed by atoms with Crippen LogP contribution >= 0.6 is 0 Å². The molecule has 12 aliphatic carbocycles. The zero-order chi connectivity index (χ0) is 31.8. The summed E-state index contributed by atoms with van der Waals surface area (Å²) in [6.07, 6.45) is 29.4. The Morgan fingerprint density at radius 2 is 0.531 bits per heavy atom. The Bertz CT molecular complexity index is 1070. The van der Waals surface area contributed by atoms with Crippen LogP contribution in [0.3, 0.4) is 0 Å². The van der Waals surface area contributed by atoms with E-state index in [1.807, 2.05) is 0 Å². The highest BCUT2D eigenvalue weighted by molar-refractivity contribution is 6.53. The Kier molecular flexibility index (Phi) is 7.71.